The van der Waals surface area contributed by atoms with Crippen molar-refractivity contribution in [1.82, 2.24) is 20.1 Å². The SMILES string of the molecule is COCC(C)(C)c1c(CCCNC(=O)OCc2ccccc2)c2cc3[nH]ncc3cc2n1-c1ccc(F)cc1. The highest BCUT2D eigenvalue weighted by atomic mass is 19.1. The first-order chi connectivity index (χ1) is 18.9. The molecule has 0 saturated heterocycles. The second-order valence-corrected chi connectivity index (χ2v) is 10.4. The summed E-state index contributed by atoms with van der Waals surface area (Å²) < 4.78 is 27.1. The van der Waals surface area contributed by atoms with E-state index in [0.29, 0.717) is 26.0 Å². The van der Waals surface area contributed by atoms with Crippen LogP contribution in [0.3, 0.4) is 0 Å². The standard InChI is InChI=1S/C31H33FN4O3/c1-31(2,20-38-3)29-25(10-7-15-33-30(37)39-19-21-8-5-4-6-9-21)26-17-27-22(18-34-35-27)16-28(26)36(29)24-13-11-23(32)12-14-24/h4-6,8-9,11-14,16-18H,7,10,15,19-20H2,1-3H3,(H,33,37)(H,34,35). The molecule has 0 radical (unpaired) electrons. The van der Waals surface area contributed by atoms with E-state index >= 15 is 0 Å². The molecule has 0 spiro atoms. The third-order valence-corrected chi connectivity index (χ3v) is 6.95. The summed E-state index contributed by atoms with van der Waals surface area (Å²) in [4.78, 5) is 12.3. The number of alkyl carbamates (subject to hydrolysis) is 1. The van der Waals surface area contributed by atoms with Crippen LogP contribution in [0.2, 0.25) is 0 Å². The maximum Gasteiger partial charge on any atom is 0.407 e. The Kier molecular flexibility index (Phi) is 7.65. The molecule has 0 aliphatic carbocycles. The van der Waals surface area contributed by atoms with Crippen LogP contribution in [0.5, 0.6) is 0 Å². The lowest BCUT2D eigenvalue weighted by molar-refractivity contribution is 0.139. The highest BCUT2D eigenvalue weighted by molar-refractivity contribution is 5.98. The Morgan fingerprint density at radius 1 is 1.10 bits per heavy atom. The van der Waals surface area contributed by atoms with E-state index in [2.05, 4.69) is 46.1 Å². The number of H-pyrrole nitrogens is 1. The van der Waals surface area contributed by atoms with Crippen molar-refractivity contribution in [1.29, 1.82) is 0 Å². The van der Waals surface area contributed by atoms with E-state index in [9.17, 15) is 9.18 Å². The van der Waals surface area contributed by atoms with Gasteiger partial charge in [-0.2, -0.15) is 5.10 Å². The van der Waals surface area contributed by atoms with Crippen molar-refractivity contribution in [3.63, 3.8) is 0 Å². The molecule has 7 nitrogen and oxygen atoms in total. The van der Waals surface area contributed by atoms with E-state index in [0.717, 1.165) is 44.3 Å². The van der Waals surface area contributed by atoms with Crippen LogP contribution in [0.1, 0.15) is 37.1 Å². The Morgan fingerprint density at radius 2 is 1.87 bits per heavy atom. The number of aromatic nitrogens is 3. The minimum absolute atomic E-state index is 0.230. The van der Waals surface area contributed by atoms with Gasteiger partial charge in [0.25, 0.3) is 0 Å². The van der Waals surface area contributed by atoms with E-state index < -0.39 is 6.09 Å². The third-order valence-electron chi connectivity index (χ3n) is 6.95. The lowest BCUT2D eigenvalue weighted by atomic mass is 9.85. The van der Waals surface area contributed by atoms with Gasteiger partial charge in [-0.3, -0.25) is 5.10 Å². The molecule has 2 N–H and O–H groups in total. The van der Waals surface area contributed by atoms with Crippen molar-refractivity contribution in [2.45, 2.75) is 38.7 Å². The maximum absolute atomic E-state index is 13.9. The maximum atomic E-state index is 13.9. The van der Waals surface area contributed by atoms with Gasteiger partial charge in [0.1, 0.15) is 12.4 Å². The Morgan fingerprint density at radius 3 is 2.62 bits per heavy atom. The fourth-order valence-electron chi connectivity index (χ4n) is 5.27. The lowest BCUT2D eigenvalue weighted by Gasteiger charge is -2.28. The summed E-state index contributed by atoms with van der Waals surface area (Å²) in [6.07, 6.45) is 2.79. The van der Waals surface area contributed by atoms with Gasteiger partial charge in [-0.25, -0.2) is 9.18 Å². The molecule has 0 atom stereocenters. The highest BCUT2D eigenvalue weighted by Crippen LogP contribution is 2.39. The van der Waals surface area contributed by atoms with Gasteiger partial charge >= 0.3 is 6.09 Å². The molecule has 202 valence electrons. The van der Waals surface area contributed by atoms with Crippen molar-refractivity contribution in [2.24, 2.45) is 0 Å². The predicted octanol–water partition coefficient (Wildman–Crippen LogP) is 6.43. The fraction of sp³-hybridized carbons (Fsp3) is 0.290. The molecule has 2 aromatic heterocycles. The van der Waals surface area contributed by atoms with Gasteiger partial charge in [-0.15, -0.1) is 0 Å². The molecule has 0 fully saturated rings. The van der Waals surface area contributed by atoms with Gasteiger partial charge in [-0.1, -0.05) is 44.2 Å². The van der Waals surface area contributed by atoms with Crippen LogP contribution in [0.15, 0.2) is 72.9 Å². The Labute approximate surface area is 226 Å². The molecule has 0 aliphatic heterocycles. The molecule has 5 rings (SSSR count). The summed E-state index contributed by atoms with van der Waals surface area (Å²) in [6.45, 7) is 5.50. The van der Waals surface area contributed by atoms with E-state index in [1.807, 2.05) is 30.3 Å². The largest absolute Gasteiger partial charge is 0.445 e. The zero-order valence-corrected chi connectivity index (χ0v) is 22.5. The Bertz CT molecular complexity index is 1570. The Hall–Kier alpha value is -4.17. The number of aryl methyl sites for hydroxylation is 1. The number of methoxy groups -OCH3 is 1. The number of nitrogens with zero attached hydrogens (tertiary/aromatic N) is 2. The number of aromatic amines is 1. The van der Waals surface area contributed by atoms with Crippen LogP contribution in [-0.2, 0) is 27.9 Å². The van der Waals surface area contributed by atoms with Gasteiger partial charge in [0, 0.05) is 41.2 Å². The first-order valence-corrected chi connectivity index (χ1v) is 13.1. The van der Waals surface area contributed by atoms with Crippen molar-refractivity contribution in [3.8, 4) is 5.69 Å². The van der Waals surface area contributed by atoms with Crippen LogP contribution in [0.4, 0.5) is 9.18 Å². The first kappa shape index (κ1) is 26.4. The van der Waals surface area contributed by atoms with E-state index in [1.165, 1.54) is 12.1 Å². The van der Waals surface area contributed by atoms with Gasteiger partial charge in [0.15, 0.2) is 0 Å². The number of halogens is 1. The smallest absolute Gasteiger partial charge is 0.407 e. The van der Waals surface area contributed by atoms with Crippen LogP contribution in [-0.4, -0.2) is 41.1 Å². The van der Waals surface area contributed by atoms with Crippen molar-refractivity contribution in [2.75, 3.05) is 20.3 Å². The van der Waals surface area contributed by atoms with Crippen LogP contribution in [0, 0.1) is 5.82 Å². The molecule has 5 aromatic rings. The molecule has 0 unspecified atom stereocenters. The number of fused-ring (bicyclic) bond motifs is 2. The third kappa shape index (κ3) is 5.66. The topological polar surface area (TPSA) is 81.2 Å². The van der Waals surface area contributed by atoms with Gasteiger partial charge in [0.2, 0.25) is 0 Å². The predicted molar refractivity (Wildman–Crippen MR) is 151 cm³/mol. The summed E-state index contributed by atoms with van der Waals surface area (Å²) in [7, 11) is 1.70. The number of carbonyl (C=O) groups excluding carboxylic acids is 1. The zero-order valence-electron chi connectivity index (χ0n) is 22.5. The average molecular weight is 529 g/mol. The van der Waals surface area contributed by atoms with Gasteiger partial charge < -0.3 is 19.4 Å². The second-order valence-electron chi connectivity index (χ2n) is 10.4. The lowest BCUT2D eigenvalue weighted by Crippen LogP contribution is -2.29. The normalized spacial score (nSPS) is 11.8. The molecule has 0 aliphatic rings. The Balaban J connectivity index is 1.46. The van der Waals surface area contributed by atoms with Crippen molar-refractivity contribution >= 4 is 27.9 Å². The molecule has 3 aromatic carbocycles. The summed E-state index contributed by atoms with van der Waals surface area (Å²) in [5, 5.41) is 12.3. The molecular formula is C31H33FN4O3. The quantitative estimate of drug-likeness (QED) is 0.205. The monoisotopic (exact) mass is 528 g/mol. The number of hydrogen-bond acceptors (Lipinski definition) is 4. The highest BCUT2D eigenvalue weighted by Gasteiger charge is 2.31. The number of nitrogens with one attached hydrogen (secondary N) is 2. The van der Waals surface area contributed by atoms with E-state index in [-0.39, 0.29) is 17.8 Å². The average Bonchev–Trinajstić information content (AvgIpc) is 3.52. The van der Waals surface area contributed by atoms with Gasteiger partial charge in [-0.05, 0) is 60.4 Å². The molecular weight excluding hydrogens is 495 g/mol. The van der Waals surface area contributed by atoms with E-state index in [4.69, 9.17) is 9.47 Å². The molecule has 0 saturated carbocycles. The summed E-state index contributed by atoms with van der Waals surface area (Å²) in [5.74, 6) is -0.282. The van der Waals surface area contributed by atoms with Crippen molar-refractivity contribution in [3.05, 3.63) is 95.6 Å². The summed E-state index contributed by atoms with van der Waals surface area (Å²) in [5.41, 5.74) is 5.67. The minimum atomic E-state index is -0.438. The second kappa shape index (κ2) is 11.3. The van der Waals surface area contributed by atoms with E-state index in [1.54, 1.807) is 25.4 Å². The fourth-order valence-corrected chi connectivity index (χ4v) is 5.27. The van der Waals surface area contributed by atoms with Crippen molar-refractivity contribution < 1.29 is 18.7 Å². The molecule has 2 heterocycles. The first-order valence-electron chi connectivity index (χ1n) is 13.1. The van der Waals surface area contributed by atoms with Crippen LogP contribution in [0.25, 0.3) is 27.5 Å². The zero-order chi connectivity index (χ0) is 27.4. The number of rotatable bonds is 10. The number of hydrogen-bond donors (Lipinski definition) is 2. The molecule has 39 heavy (non-hydrogen) atoms. The summed E-state index contributed by atoms with van der Waals surface area (Å²) >= 11 is 0. The molecule has 0 bridgehead atoms. The molecule has 1 amide bonds. The number of carbonyl (C=O) groups is 1. The van der Waals surface area contributed by atoms with Crippen LogP contribution >= 0.6 is 0 Å². The summed E-state index contributed by atoms with van der Waals surface area (Å²) in [6, 6.07) is 20.4. The minimum Gasteiger partial charge on any atom is -0.445 e. The van der Waals surface area contributed by atoms with Gasteiger partial charge in [0.05, 0.1) is 23.8 Å². The van der Waals surface area contributed by atoms with Crippen LogP contribution < -0.4 is 5.32 Å². The number of benzene rings is 3. The molecule has 8 heteroatoms. The number of ether oxygens (including phenoxy) is 2. The number of amides is 1.